The molecule has 1 atom stereocenters. The number of thiophene rings is 1. The second kappa shape index (κ2) is 4.47. The van der Waals surface area contributed by atoms with Crippen molar-refractivity contribution in [2.45, 2.75) is 51.3 Å². The Morgan fingerprint density at radius 1 is 1.27 bits per heavy atom. The van der Waals surface area contributed by atoms with Gasteiger partial charge in [0.2, 0.25) is 0 Å². The SMILES string of the molecule is Cc1ccc(C(Cl)C2(C)CCCCC2)s1. The largest absolute Gasteiger partial charge is 0.144 e. The van der Waals surface area contributed by atoms with Crippen molar-refractivity contribution in [2.75, 3.05) is 0 Å². The van der Waals surface area contributed by atoms with Crippen molar-refractivity contribution in [2.24, 2.45) is 5.41 Å². The fraction of sp³-hybridized carbons (Fsp3) is 0.692. The van der Waals surface area contributed by atoms with Crippen LogP contribution >= 0.6 is 22.9 Å². The average Bonchev–Trinajstić information content (AvgIpc) is 2.65. The van der Waals surface area contributed by atoms with E-state index < -0.39 is 0 Å². The molecule has 15 heavy (non-hydrogen) atoms. The van der Waals surface area contributed by atoms with Gasteiger partial charge in [-0.15, -0.1) is 22.9 Å². The maximum Gasteiger partial charge on any atom is 0.0732 e. The molecule has 0 bridgehead atoms. The third-order valence-corrected chi connectivity index (χ3v) is 5.58. The summed E-state index contributed by atoms with van der Waals surface area (Å²) in [6.07, 6.45) is 6.67. The summed E-state index contributed by atoms with van der Waals surface area (Å²) in [6.45, 7) is 4.51. The van der Waals surface area contributed by atoms with E-state index in [0.29, 0.717) is 5.41 Å². The lowest BCUT2D eigenvalue weighted by molar-refractivity contribution is 0.208. The molecule has 2 heteroatoms. The molecule has 1 unspecified atom stereocenters. The van der Waals surface area contributed by atoms with E-state index in [1.165, 1.54) is 41.9 Å². The molecule has 0 N–H and O–H groups in total. The van der Waals surface area contributed by atoms with Crippen molar-refractivity contribution in [3.8, 4) is 0 Å². The number of hydrogen-bond donors (Lipinski definition) is 0. The maximum absolute atomic E-state index is 6.65. The molecular formula is C13H19ClS. The molecule has 0 aromatic carbocycles. The van der Waals surface area contributed by atoms with Crippen LogP contribution in [0.2, 0.25) is 0 Å². The first-order valence-corrected chi connectivity index (χ1v) is 7.07. The van der Waals surface area contributed by atoms with Crippen molar-refractivity contribution < 1.29 is 0 Å². The van der Waals surface area contributed by atoms with Gasteiger partial charge in [0.15, 0.2) is 0 Å². The zero-order chi connectivity index (χ0) is 10.9. The second-order valence-electron chi connectivity index (χ2n) is 5.03. The number of halogens is 1. The van der Waals surface area contributed by atoms with Crippen LogP contribution < -0.4 is 0 Å². The molecule has 0 amide bonds. The lowest BCUT2D eigenvalue weighted by Crippen LogP contribution is -2.24. The van der Waals surface area contributed by atoms with E-state index >= 15 is 0 Å². The highest BCUT2D eigenvalue weighted by Gasteiger charge is 2.35. The van der Waals surface area contributed by atoms with Gasteiger partial charge in [-0.25, -0.2) is 0 Å². The average molecular weight is 243 g/mol. The van der Waals surface area contributed by atoms with Crippen LogP contribution in [0.3, 0.4) is 0 Å². The predicted octanol–water partition coefficient (Wildman–Crippen LogP) is 5.31. The summed E-state index contributed by atoms with van der Waals surface area (Å²) in [6, 6.07) is 4.39. The van der Waals surface area contributed by atoms with Crippen molar-refractivity contribution in [3.63, 3.8) is 0 Å². The third kappa shape index (κ3) is 2.39. The summed E-state index contributed by atoms with van der Waals surface area (Å²) < 4.78 is 0. The van der Waals surface area contributed by atoms with Gasteiger partial charge in [-0.2, -0.15) is 0 Å². The van der Waals surface area contributed by atoms with Gasteiger partial charge < -0.3 is 0 Å². The molecule has 1 saturated carbocycles. The molecular weight excluding hydrogens is 224 g/mol. The van der Waals surface area contributed by atoms with Gasteiger partial charge in [-0.05, 0) is 37.3 Å². The number of hydrogen-bond acceptors (Lipinski definition) is 1. The quantitative estimate of drug-likeness (QED) is 0.617. The first kappa shape index (κ1) is 11.5. The van der Waals surface area contributed by atoms with Gasteiger partial charge in [-0.1, -0.05) is 26.2 Å². The summed E-state index contributed by atoms with van der Waals surface area (Å²) in [5, 5.41) is 0.219. The molecule has 0 aliphatic heterocycles. The van der Waals surface area contributed by atoms with Gasteiger partial charge in [-0.3, -0.25) is 0 Å². The van der Waals surface area contributed by atoms with E-state index in [2.05, 4.69) is 26.0 Å². The Kier molecular flexibility index (Phi) is 3.42. The fourth-order valence-corrected chi connectivity index (χ4v) is 4.00. The first-order chi connectivity index (χ1) is 7.12. The van der Waals surface area contributed by atoms with Gasteiger partial charge in [0, 0.05) is 9.75 Å². The van der Waals surface area contributed by atoms with Crippen LogP contribution in [0, 0.1) is 12.3 Å². The van der Waals surface area contributed by atoms with Crippen LogP contribution in [-0.2, 0) is 0 Å². The van der Waals surface area contributed by atoms with Crippen LogP contribution in [0.4, 0.5) is 0 Å². The van der Waals surface area contributed by atoms with Crippen LogP contribution in [-0.4, -0.2) is 0 Å². The van der Waals surface area contributed by atoms with Crippen LogP contribution in [0.25, 0.3) is 0 Å². The van der Waals surface area contributed by atoms with E-state index in [-0.39, 0.29) is 5.38 Å². The normalized spacial score (nSPS) is 22.6. The Morgan fingerprint density at radius 3 is 2.47 bits per heavy atom. The van der Waals surface area contributed by atoms with Gasteiger partial charge in [0.1, 0.15) is 0 Å². The lowest BCUT2D eigenvalue weighted by Gasteiger charge is -2.37. The van der Waals surface area contributed by atoms with Crippen molar-refractivity contribution in [3.05, 3.63) is 21.9 Å². The van der Waals surface area contributed by atoms with Crippen LogP contribution in [0.15, 0.2) is 12.1 Å². The van der Waals surface area contributed by atoms with Crippen molar-refractivity contribution in [1.82, 2.24) is 0 Å². The smallest absolute Gasteiger partial charge is 0.0732 e. The van der Waals surface area contributed by atoms with E-state index in [9.17, 15) is 0 Å². The topological polar surface area (TPSA) is 0 Å². The molecule has 0 saturated heterocycles. The zero-order valence-corrected chi connectivity index (χ0v) is 11.1. The second-order valence-corrected chi connectivity index (χ2v) is 6.78. The molecule has 1 aliphatic rings. The molecule has 2 rings (SSSR count). The van der Waals surface area contributed by atoms with Crippen LogP contribution in [0.1, 0.15) is 54.2 Å². The minimum absolute atomic E-state index is 0.219. The molecule has 0 nitrogen and oxygen atoms in total. The molecule has 1 heterocycles. The molecule has 0 spiro atoms. The summed E-state index contributed by atoms with van der Waals surface area (Å²) >= 11 is 8.51. The Hall–Kier alpha value is -0.0100. The zero-order valence-electron chi connectivity index (χ0n) is 9.55. The Balaban J connectivity index is 2.15. The van der Waals surface area contributed by atoms with Gasteiger partial charge >= 0.3 is 0 Å². The molecule has 1 aliphatic carbocycles. The Labute approximate surface area is 102 Å². The van der Waals surface area contributed by atoms with E-state index in [1.54, 1.807) is 0 Å². The number of rotatable bonds is 2. The standard InChI is InChI=1S/C13H19ClS/c1-10-6-7-11(15-10)12(14)13(2)8-4-3-5-9-13/h6-7,12H,3-5,8-9H2,1-2H3. The fourth-order valence-electron chi connectivity index (χ4n) is 2.55. The Bertz CT molecular complexity index is 323. The minimum atomic E-state index is 0.219. The maximum atomic E-state index is 6.65. The molecule has 1 fully saturated rings. The van der Waals surface area contributed by atoms with Gasteiger partial charge in [0.05, 0.1) is 5.38 Å². The summed E-state index contributed by atoms with van der Waals surface area (Å²) in [4.78, 5) is 2.73. The van der Waals surface area contributed by atoms with Crippen molar-refractivity contribution in [1.29, 1.82) is 0 Å². The van der Waals surface area contributed by atoms with Gasteiger partial charge in [0.25, 0.3) is 0 Å². The van der Waals surface area contributed by atoms with Crippen LogP contribution in [0.5, 0.6) is 0 Å². The Morgan fingerprint density at radius 2 is 1.93 bits per heavy atom. The highest BCUT2D eigenvalue weighted by Crippen LogP contribution is 2.50. The summed E-state index contributed by atoms with van der Waals surface area (Å²) in [7, 11) is 0. The summed E-state index contributed by atoms with van der Waals surface area (Å²) in [5.41, 5.74) is 0.330. The highest BCUT2D eigenvalue weighted by atomic mass is 35.5. The first-order valence-electron chi connectivity index (χ1n) is 5.82. The predicted molar refractivity (Wildman–Crippen MR) is 68.8 cm³/mol. The summed E-state index contributed by atoms with van der Waals surface area (Å²) in [5.74, 6) is 0. The molecule has 0 radical (unpaired) electrons. The van der Waals surface area contributed by atoms with E-state index in [4.69, 9.17) is 11.6 Å². The number of aryl methyl sites for hydroxylation is 1. The highest BCUT2D eigenvalue weighted by molar-refractivity contribution is 7.12. The minimum Gasteiger partial charge on any atom is -0.144 e. The third-order valence-electron chi connectivity index (χ3n) is 3.62. The van der Waals surface area contributed by atoms with Crippen molar-refractivity contribution >= 4 is 22.9 Å². The molecule has 1 aromatic heterocycles. The lowest BCUT2D eigenvalue weighted by atomic mass is 9.73. The van der Waals surface area contributed by atoms with E-state index in [0.717, 1.165) is 0 Å². The number of alkyl halides is 1. The molecule has 84 valence electrons. The molecule has 1 aromatic rings. The monoisotopic (exact) mass is 242 g/mol. The van der Waals surface area contributed by atoms with E-state index in [1.807, 2.05) is 11.3 Å².